The van der Waals surface area contributed by atoms with Gasteiger partial charge in [-0.1, -0.05) is 59.0 Å². The number of nitrogens with one attached hydrogen (secondary N) is 2. The summed E-state index contributed by atoms with van der Waals surface area (Å²) in [6, 6.07) is 16.8. The number of aromatic nitrogens is 2. The van der Waals surface area contributed by atoms with E-state index in [-0.39, 0.29) is 11.7 Å². The lowest BCUT2D eigenvalue weighted by Gasteiger charge is -2.04. The van der Waals surface area contributed by atoms with Gasteiger partial charge in [-0.15, -0.1) is 10.2 Å². The number of para-hydroxylation sites is 1. The van der Waals surface area contributed by atoms with Gasteiger partial charge in [0.1, 0.15) is 0 Å². The number of hydrogen-bond donors (Lipinski definition) is 2. The van der Waals surface area contributed by atoms with Gasteiger partial charge in [-0.3, -0.25) is 4.79 Å². The van der Waals surface area contributed by atoms with Crippen molar-refractivity contribution in [3.63, 3.8) is 0 Å². The summed E-state index contributed by atoms with van der Waals surface area (Å²) in [4.78, 5) is 12.0. The maximum atomic E-state index is 12.0. The van der Waals surface area contributed by atoms with Crippen LogP contribution in [-0.4, -0.2) is 21.9 Å². The molecule has 0 spiro atoms. The van der Waals surface area contributed by atoms with Crippen LogP contribution in [0.25, 0.3) is 0 Å². The van der Waals surface area contributed by atoms with Crippen molar-refractivity contribution in [2.24, 2.45) is 0 Å². The van der Waals surface area contributed by atoms with Gasteiger partial charge in [0.05, 0.1) is 5.75 Å². The summed E-state index contributed by atoms with van der Waals surface area (Å²) in [7, 11) is 0. The molecule has 5 nitrogen and oxygen atoms in total. The third-order valence-electron chi connectivity index (χ3n) is 2.87. The molecule has 8 heteroatoms. The Labute approximate surface area is 152 Å². The van der Waals surface area contributed by atoms with E-state index in [4.69, 9.17) is 11.6 Å². The number of hydrogen-bond acceptors (Lipinski definition) is 6. The molecule has 2 N–H and O–H groups in total. The maximum Gasteiger partial charge on any atom is 0.234 e. The molecule has 0 saturated carbocycles. The Kier molecular flexibility index (Phi) is 5.68. The van der Waals surface area contributed by atoms with Crippen LogP contribution in [0.2, 0.25) is 5.02 Å². The first-order valence-corrected chi connectivity index (χ1v) is 9.21. The lowest BCUT2D eigenvalue weighted by Crippen LogP contribution is -2.13. The van der Waals surface area contributed by atoms with Crippen LogP contribution < -0.4 is 10.6 Å². The van der Waals surface area contributed by atoms with E-state index in [2.05, 4.69) is 20.8 Å². The Hall–Kier alpha value is -2.09. The third kappa shape index (κ3) is 4.95. The number of thioether (sulfide) groups is 1. The van der Waals surface area contributed by atoms with Crippen molar-refractivity contribution in [2.75, 3.05) is 16.4 Å². The van der Waals surface area contributed by atoms with Crippen molar-refractivity contribution < 1.29 is 4.79 Å². The van der Waals surface area contributed by atoms with Crippen molar-refractivity contribution >= 4 is 57.1 Å². The van der Waals surface area contributed by atoms with Crippen LogP contribution in [0, 0.1) is 0 Å². The van der Waals surface area contributed by atoms with Crippen LogP contribution in [0.4, 0.5) is 16.5 Å². The van der Waals surface area contributed by atoms with Crippen LogP contribution in [0.1, 0.15) is 0 Å². The van der Waals surface area contributed by atoms with E-state index < -0.39 is 0 Å². The fourth-order valence-electron chi connectivity index (χ4n) is 1.85. The molecule has 0 saturated heterocycles. The van der Waals surface area contributed by atoms with Gasteiger partial charge >= 0.3 is 0 Å². The zero-order chi connectivity index (χ0) is 16.8. The monoisotopic (exact) mass is 376 g/mol. The predicted octanol–water partition coefficient (Wildman–Crippen LogP) is 4.67. The molecule has 3 rings (SSSR count). The Morgan fingerprint density at radius 2 is 1.88 bits per heavy atom. The summed E-state index contributed by atoms with van der Waals surface area (Å²) in [6.07, 6.45) is 0. The number of benzene rings is 2. The molecule has 0 aliphatic carbocycles. The summed E-state index contributed by atoms with van der Waals surface area (Å²) in [5.74, 6) is 0.141. The number of anilines is 3. The predicted molar refractivity (Wildman–Crippen MR) is 100 cm³/mol. The van der Waals surface area contributed by atoms with E-state index in [0.29, 0.717) is 15.8 Å². The Balaban J connectivity index is 1.51. The molecule has 24 heavy (non-hydrogen) atoms. The van der Waals surface area contributed by atoms with Gasteiger partial charge in [0.2, 0.25) is 11.0 Å². The van der Waals surface area contributed by atoms with Gasteiger partial charge in [-0.2, -0.15) is 0 Å². The normalized spacial score (nSPS) is 10.4. The average molecular weight is 377 g/mol. The van der Waals surface area contributed by atoms with Gasteiger partial charge in [0, 0.05) is 16.4 Å². The van der Waals surface area contributed by atoms with Crippen molar-refractivity contribution in [3.8, 4) is 0 Å². The van der Waals surface area contributed by atoms with E-state index in [1.165, 1.54) is 23.1 Å². The first kappa shape index (κ1) is 16.8. The number of carbonyl (C=O) groups is 1. The topological polar surface area (TPSA) is 66.9 Å². The smallest absolute Gasteiger partial charge is 0.234 e. The standard InChI is InChI=1S/C16H13ClN4OS2/c17-11-5-4-8-13(9-11)18-14(22)10-23-16-21-20-15(24-16)19-12-6-2-1-3-7-12/h1-9H,10H2,(H,18,22)(H,19,20). The molecule has 0 radical (unpaired) electrons. The quantitative estimate of drug-likeness (QED) is 0.612. The minimum Gasteiger partial charge on any atom is -0.330 e. The SMILES string of the molecule is O=C(CSc1nnc(Nc2ccccc2)s1)Nc1cccc(Cl)c1. The summed E-state index contributed by atoms with van der Waals surface area (Å²) < 4.78 is 0.731. The van der Waals surface area contributed by atoms with Gasteiger partial charge in [-0.05, 0) is 30.3 Å². The third-order valence-corrected chi connectivity index (χ3v) is 5.07. The van der Waals surface area contributed by atoms with E-state index in [1.54, 1.807) is 24.3 Å². The minimum atomic E-state index is -0.116. The van der Waals surface area contributed by atoms with Crippen LogP contribution in [0.15, 0.2) is 58.9 Å². The van der Waals surface area contributed by atoms with E-state index in [1.807, 2.05) is 30.3 Å². The number of rotatable bonds is 6. The van der Waals surface area contributed by atoms with Crippen molar-refractivity contribution in [3.05, 3.63) is 59.6 Å². The van der Waals surface area contributed by atoms with Crippen molar-refractivity contribution in [2.45, 2.75) is 4.34 Å². The van der Waals surface area contributed by atoms with E-state index in [9.17, 15) is 4.79 Å². The summed E-state index contributed by atoms with van der Waals surface area (Å²) in [5.41, 5.74) is 1.63. The average Bonchev–Trinajstić information content (AvgIpc) is 3.01. The maximum absolute atomic E-state index is 12.0. The van der Waals surface area contributed by atoms with Gasteiger partial charge in [0.25, 0.3) is 0 Å². The van der Waals surface area contributed by atoms with E-state index in [0.717, 1.165) is 10.0 Å². The van der Waals surface area contributed by atoms with E-state index >= 15 is 0 Å². The molecule has 1 heterocycles. The summed E-state index contributed by atoms with van der Waals surface area (Å²) in [6.45, 7) is 0. The Morgan fingerprint density at radius 1 is 1.08 bits per heavy atom. The van der Waals surface area contributed by atoms with Gasteiger partial charge < -0.3 is 10.6 Å². The van der Waals surface area contributed by atoms with Crippen LogP contribution >= 0.6 is 34.7 Å². The zero-order valence-electron chi connectivity index (χ0n) is 12.4. The van der Waals surface area contributed by atoms with Crippen LogP contribution in [-0.2, 0) is 4.79 Å². The number of halogens is 1. The van der Waals surface area contributed by atoms with Crippen LogP contribution in [0.3, 0.4) is 0 Å². The second kappa shape index (κ2) is 8.14. The second-order valence-corrected chi connectivity index (χ2v) is 7.35. The first-order valence-electron chi connectivity index (χ1n) is 7.03. The molecule has 3 aromatic rings. The molecular weight excluding hydrogens is 364 g/mol. The number of nitrogens with zero attached hydrogens (tertiary/aromatic N) is 2. The summed E-state index contributed by atoms with van der Waals surface area (Å²) >= 11 is 8.64. The minimum absolute atomic E-state index is 0.116. The molecule has 0 atom stereocenters. The molecule has 0 bridgehead atoms. The van der Waals surface area contributed by atoms with Gasteiger partial charge in [-0.25, -0.2) is 0 Å². The molecule has 0 unspecified atom stereocenters. The van der Waals surface area contributed by atoms with Crippen molar-refractivity contribution in [1.29, 1.82) is 0 Å². The molecular formula is C16H13ClN4OS2. The Bertz CT molecular complexity index is 826. The highest BCUT2D eigenvalue weighted by Gasteiger charge is 2.09. The molecule has 1 amide bonds. The van der Waals surface area contributed by atoms with Crippen LogP contribution in [0.5, 0.6) is 0 Å². The molecule has 2 aromatic carbocycles. The highest BCUT2D eigenvalue weighted by molar-refractivity contribution is 8.01. The second-order valence-electron chi connectivity index (χ2n) is 4.71. The largest absolute Gasteiger partial charge is 0.330 e. The fourth-order valence-corrected chi connectivity index (χ4v) is 3.62. The lowest BCUT2D eigenvalue weighted by atomic mass is 10.3. The summed E-state index contributed by atoms with van der Waals surface area (Å²) in [5, 5.41) is 15.4. The van der Waals surface area contributed by atoms with Gasteiger partial charge in [0.15, 0.2) is 4.34 Å². The molecule has 1 aromatic heterocycles. The number of carbonyl (C=O) groups excluding carboxylic acids is 1. The molecule has 0 fully saturated rings. The molecule has 0 aliphatic rings. The fraction of sp³-hybridized carbons (Fsp3) is 0.0625. The molecule has 122 valence electrons. The molecule has 0 aliphatic heterocycles. The lowest BCUT2D eigenvalue weighted by molar-refractivity contribution is -0.113. The number of amides is 1. The Morgan fingerprint density at radius 3 is 2.67 bits per heavy atom. The highest BCUT2D eigenvalue weighted by atomic mass is 35.5. The first-order chi connectivity index (χ1) is 11.7. The highest BCUT2D eigenvalue weighted by Crippen LogP contribution is 2.27. The zero-order valence-corrected chi connectivity index (χ0v) is 14.8. The van der Waals surface area contributed by atoms with Crippen molar-refractivity contribution in [1.82, 2.24) is 10.2 Å².